The molecule has 106 valence electrons. The molecule has 5 nitrogen and oxygen atoms in total. The number of rotatable bonds is 7. The maximum atomic E-state index is 12.3. The van der Waals surface area contributed by atoms with Gasteiger partial charge in [-0.2, -0.15) is 0 Å². The molecule has 1 aliphatic carbocycles. The number of methoxy groups -OCH3 is 1. The second kappa shape index (κ2) is 5.90. The van der Waals surface area contributed by atoms with Crippen LogP contribution >= 0.6 is 0 Å². The molecule has 0 atom stereocenters. The summed E-state index contributed by atoms with van der Waals surface area (Å²) in [6, 6.07) is 4.97. The molecule has 19 heavy (non-hydrogen) atoms. The average molecular weight is 284 g/mol. The Balaban J connectivity index is 2.16. The average Bonchev–Trinajstić information content (AvgIpc) is 3.22. The predicted octanol–water partition coefficient (Wildman–Crippen LogP) is 1.23. The van der Waals surface area contributed by atoms with Crippen LogP contribution in [0.5, 0.6) is 5.75 Å². The van der Waals surface area contributed by atoms with E-state index in [0.717, 1.165) is 12.0 Å². The number of hydrogen-bond acceptors (Lipinski definition) is 4. The largest absolute Gasteiger partial charge is 0.495 e. The van der Waals surface area contributed by atoms with Gasteiger partial charge in [-0.15, -0.1) is 0 Å². The van der Waals surface area contributed by atoms with Gasteiger partial charge in [0.1, 0.15) is 10.6 Å². The Morgan fingerprint density at radius 2 is 2.16 bits per heavy atom. The molecule has 1 aromatic carbocycles. The van der Waals surface area contributed by atoms with Crippen LogP contribution in [0.4, 0.5) is 0 Å². The molecule has 0 aliphatic heterocycles. The number of hydrogen-bond donors (Lipinski definition) is 2. The first-order valence-electron chi connectivity index (χ1n) is 6.43. The highest BCUT2D eigenvalue weighted by atomic mass is 32.2. The summed E-state index contributed by atoms with van der Waals surface area (Å²) in [4.78, 5) is 0.161. The van der Waals surface area contributed by atoms with Gasteiger partial charge in [0, 0.05) is 13.1 Å². The quantitative estimate of drug-likeness (QED) is 0.789. The van der Waals surface area contributed by atoms with Crippen molar-refractivity contribution >= 4 is 10.0 Å². The minimum Gasteiger partial charge on any atom is -0.495 e. The maximum Gasteiger partial charge on any atom is 0.244 e. The fourth-order valence-corrected chi connectivity index (χ4v) is 3.20. The molecule has 0 heterocycles. The van der Waals surface area contributed by atoms with Crippen LogP contribution in [0, 0.1) is 5.92 Å². The van der Waals surface area contributed by atoms with Gasteiger partial charge < -0.3 is 10.5 Å². The summed E-state index contributed by atoms with van der Waals surface area (Å²) in [5, 5.41) is 0. The van der Waals surface area contributed by atoms with Crippen LogP contribution in [0.1, 0.15) is 24.8 Å². The van der Waals surface area contributed by atoms with Gasteiger partial charge in [-0.05, 0) is 30.0 Å². The number of sulfonamides is 1. The van der Waals surface area contributed by atoms with Gasteiger partial charge in [-0.25, -0.2) is 13.1 Å². The lowest BCUT2D eigenvalue weighted by atomic mass is 10.2. The molecule has 3 N–H and O–H groups in total. The lowest BCUT2D eigenvalue weighted by molar-refractivity contribution is 0.402. The van der Waals surface area contributed by atoms with E-state index in [0.29, 0.717) is 24.8 Å². The fourth-order valence-electron chi connectivity index (χ4n) is 1.94. The smallest absolute Gasteiger partial charge is 0.244 e. The van der Waals surface area contributed by atoms with Crippen molar-refractivity contribution in [3.8, 4) is 5.75 Å². The summed E-state index contributed by atoms with van der Waals surface area (Å²) in [7, 11) is -2.08. The van der Waals surface area contributed by atoms with Crippen LogP contribution in [0.2, 0.25) is 0 Å². The van der Waals surface area contributed by atoms with Gasteiger partial charge >= 0.3 is 0 Å². The van der Waals surface area contributed by atoms with Crippen molar-refractivity contribution in [3.05, 3.63) is 23.8 Å². The molecular weight excluding hydrogens is 264 g/mol. The highest BCUT2D eigenvalue weighted by Crippen LogP contribution is 2.32. The van der Waals surface area contributed by atoms with Crippen LogP contribution in [0.3, 0.4) is 0 Å². The van der Waals surface area contributed by atoms with E-state index in [1.54, 1.807) is 18.2 Å². The number of nitrogens with one attached hydrogen (secondary N) is 1. The van der Waals surface area contributed by atoms with Crippen LogP contribution < -0.4 is 15.2 Å². The molecule has 1 aliphatic rings. The second-order valence-electron chi connectivity index (χ2n) is 4.82. The van der Waals surface area contributed by atoms with E-state index in [2.05, 4.69) is 4.72 Å². The third-order valence-electron chi connectivity index (χ3n) is 3.29. The Morgan fingerprint density at radius 1 is 1.42 bits per heavy atom. The predicted molar refractivity (Wildman–Crippen MR) is 73.4 cm³/mol. The van der Waals surface area contributed by atoms with E-state index < -0.39 is 10.0 Å². The van der Waals surface area contributed by atoms with Crippen LogP contribution in [-0.4, -0.2) is 22.1 Å². The van der Waals surface area contributed by atoms with E-state index >= 15 is 0 Å². The molecule has 0 saturated heterocycles. The van der Waals surface area contributed by atoms with E-state index in [9.17, 15) is 8.42 Å². The first-order chi connectivity index (χ1) is 9.06. The Bertz CT molecular complexity index is 539. The molecule has 0 aromatic heterocycles. The van der Waals surface area contributed by atoms with Crippen molar-refractivity contribution in [2.75, 3.05) is 13.7 Å². The van der Waals surface area contributed by atoms with Crippen molar-refractivity contribution in [1.29, 1.82) is 0 Å². The van der Waals surface area contributed by atoms with Crippen molar-refractivity contribution in [3.63, 3.8) is 0 Å². The van der Waals surface area contributed by atoms with Crippen molar-refractivity contribution in [1.82, 2.24) is 4.72 Å². The zero-order chi connectivity index (χ0) is 13.9. The molecular formula is C13H20N2O3S. The van der Waals surface area contributed by atoms with Gasteiger partial charge in [0.2, 0.25) is 10.0 Å². The molecule has 0 amide bonds. The summed E-state index contributed by atoms with van der Waals surface area (Å²) in [6.45, 7) is 0.775. The number of nitrogens with two attached hydrogens (primary N) is 1. The zero-order valence-electron chi connectivity index (χ0n) is 11.1. The Morgan fingerprint density at radius 3 is 2.74 bits per heavy atom. The fraction of sp³-hybridized carbons (Fsp3) is 0.538. The minimum absolute atomic E-state index is 0.161. The Hall–Kier alpha value is -1.11. The summed E-state index contributed by atoms with van der Waals surface area (Å²) >= 11 is 0. The molecule has 0 unspecified atom stereocenters. The van der Waals surface area contributed by atoms with Gasteiger partial charge in [0.05, 0.1) is 7.11 Å². The van der Waals surface area contributed by atoms with Crippen LogP contribution in [0.15, 0.2) is 23.1 Å². The van der Waals surface area contributed by atoms with E-state index in [1.807, 2.05) is 0 Å². The first-order valence-corrected chi connectivity index (χ1v) is 7.92. The monoisotopic (exact) mass is 284 g/mol. The third-order valence-corrected chi connectivity index (χ3v) is 4.78. The molecule has 6 heteroatoms. The Labute approximate surface area is 114 Å². The van der Waals surface area contributed by atoms with Crippen molar-refractivity contribution in [2.24, 2.45) is 11.7 Å². The van der Waals surface area contributed by atoms with E-state index in [4.69, 9.17) is 10.5 Å². The molecule has 2 rings (SSSR count). The lowest BCUT2D eigenvalue weighted by Gasteiger charge is -2.12. The highest BCUT2D eigenvalue weighted by Gasteiger charge is 2.23. The number of benzene rings is 1. The van der Waals surface area contributed by atoms with Crippen LogP contribution in [-0.2, 0) is 16.6 Å². The molecule has 1 saturated carbocycles. The summed E-state index contributed by atoms with van der Waals surface area (Å²) in [5.41, 5.74) is 6.31. The topological polar surface area (TPSA) is 81.4 Å². The van der Waals surface area contributed by atoms with Crippen molar-refractivity contribution < 1.29 is 13.2 Å². The van der Waals surface area contributed by atoms with Crippen LogP contribution in [0.25, 0.3) is 0 Å². The van der Waals surface area contributed by atoms with Gasteiger partial charge in [0.15, 0.2) is 0 Å². The van der Waals surface area contributed by atoms with Gasteiger partial charge in [0.25, 0.3) is 0 Å². The molecule has 1 fully saturated rings. The summed E-state index contributed by atoms with van der Waals surface area (Å²) < 4.78 is 32.2. The highest BCUT2D eigenvalue weighted by molar-refractivity contribution is 7.89. The third kappa shape index (κ3) is 3.68. The standard InChI is InChI=1S/C13H20N2O3S/c1-18-12-5-4-11(9-14)8-13(12)19(16,17)15-7-6-10-2-3-10/h4-5,8,10,15H,2-3,6-7,9,14H2,1H3. The lowest BCUT2D eigenvalue weighted by Crippen LogP contribution is -2.25. The minimum atomic E-state index is -3.53. The van der Waals surface area contributed by atoms with Gasteiger partial charge in [-0.1, -0.05) is 18.9 Å². The molecule has 0 spiro atoms. The van der Waals surface area contributed by atoms with Gasteiger partial charge in [-0.3, -0.25) is 0 Å². The maximum absolute atomic E-state index is 12.3. The molecule has 1 aromatic rings. The number of ether oxygens (including phenoxy) is 1. The zero-order valence-corrected chi connectivity index (χ0v) is 11.9. The van der Waals surface area contributed by atoms with Crippen molar-refractivity contribution in [2.45, 2.75) is 30.7 Å². The second-order valence-corrected chi connectivity index (χ2v) is 6.55. The summed E-state index contributed by atoms with van der Waals surface area (Å²) in [6.07, 6.45) is 3.33. The van der Waals surface area contributed by atoms with E-state index in [1.165, 1.54) is 20.0 Å². The Kier molecular flexibility index (Phi) is 4.44. The normalized spacial score (nSPS) is 15.5. The molecule has 0 bridgehead atoms. The first kappa shape index (κ1) is 14.3. The molecule has 0 radical (unpaired) electrons. The van der Waals surface area contributed by atoms with E-state index in [-0.39, 0.29) is 4.90 Å². The summed E-state index contributed by atoms with van der Waals surface area (Å²) in [5.74, 6) is 1.04. The SMILES string of the molecule is COc1ccc(CN)cc1S(=O)(=O)NCCC1CC1.